The maximum atomic E-state index is 8.81. The second kappa shape index (κ2) is 4.83. The third kappa shape index (κ3) is 2.76. The number of rotatable bonds is 5. The lowest BCUT2D eigenvalue weighted by Gasteiger charge is -2.38. The van der Waals surface area contributed by atoms with Crippen LogP contribution in [0.3, 0.4) is 0 Å². The minimum absolute atomic E-state index is 0.343. The summed E-state index contributed by atoms with van der Waals surface area (Å²) in [4.78, 5) is 2.52. The zero-order valence-electron chi connectivity index (χ0n) is 8.29. The largest absolute Gasteiger partial charge is 0.396 e. The average molecular weight is 171 g/mol. The fourth-order valence-corrected chi connectivity index (χ4v) is 1.64. The second-order valence-corrected chi connectivity index (χ2v) is 4.10. The summed E-state index contributed by atoms with van der Waals surface area (Å²) in [5.74, 6) is 0.488. The van der Waals surface area contributed by atoms with Crippen molar-refractivity contribution >= 4 is 0 Å². The molecule has 0 bridgehead atoms. The number of aliphatic hydroxyl groups is 1. The van der Waals surface area contributed by atoms with E-state index in [1.807, 2.05) is 0 Å². The van der Waals surface area contributed by atoms with Crippen LogP contribution in [-0.2, 0) is 0 Å². The van der Waals surface area contributed by atoms with E-state index in [0.717, 1.165) is 6.04 Å². The lowest BCUT2D eigenvalue weighted by Crippen LogP contribution is -2.45. The third-order valence-electron chi connectivity index (χ3n) is 2.91. The molecule has 2 heteroatoms. The van der Waals surface area contributed by atoms with E-state index in [1.165, 1.54) is 32.4 Å². The van der Waals surface area contributed by atoms with E-state index in [4.69, 9.17) is 5.11 Å². The van der Waals surface area contributed by atoms with Gasteiger partial charge in [-0.2, -0.15) is 0 Å². The molecule has 1 aliphatic heterocycles. The van der Waals surface area contributed by atoms with Crippen LogP contribution < -0.4 is 0 Å². The summed E-state index contributed by atoms with van der Waals surface area (Å²) >= 11 is 0. The second-order valence-electron chi connectivity index (χ2n) is 4.10. The van der Waals surface area contributed by atoms with Crippen molar-refractivity contribution in [1.82, 2.24) is 4.90 Å². The normalized spacial score (nSPS) is 26.8. The molecule has 0 aromatic rings. The molecular formula is C10H21NO. The van der Waals surface area contributed by atoms with E-state index in [1.54, 1.807) is 0 Å². The lowest BCUT2D eigenvalue weighted by atomic mass is 10.0. The Balaban J connectivity index is 1.95. The van der Waals surface area contributed by atoms with E-state index >= 15 is 0 Å². The Labute approximate surface area is 75.6 Å². The summed E-state index contributed by atoms with van der Waals surface area (Å²) in [6, 6.07) is 0.814. The predicted molar refractivity (Wildman–Crippen MR) is 51.1 cm³/mol. The molecule has 0 radical (unpaired) electrons. The number of hydrogen-bond acceptors (Lipinski definition) is 2. The van der Waals surface area contributed by atoms with Crippen LogP contribution in [0, 0.1) is 5.92 Å². The standard InChI is InChI=1S/C10H21NO/c1-9(8-12)4-3-6-11-7-5-10(11)2/h9-10,12H,3-8H2,1-2H3. The maximum Gasteiger partial charge on any atom is 0.0456 e. The molecule has 0 amide bonds. The number of hydrogen-bond donors (Lipinski definition) is 1. The monoisotopic (exact) mass is 171 g/mol. The first-order valence-electron chi connectivity index (χ1n) is 5.09. The van der Waals surface area contributed by atoms with E-state index in [0.29, 0.717) is 12.5 Å². The van der Waals surface area contributed by atoms with Gasteiger partial charge in [0, 0.05) is 12.6 Å². The minimum Gasteiger partial charge on any atom is -0.396 e. The van der Waals surface area contributed by atoms with Gasteiger partial charge in [0.25, 0.3) is 0 Å². The van der Waals surface area contributed by atoms with Crippen molar-refractivity contribution in [2.75, 3.05) is 19.7 Å². The van der Waals surface area contributed by atoms with Gasteiger partial charge in [-0.15, -0.1) is 0 Å². The predicted octanol–water partition coefficient (Wildman–Crippen LogP) is 1.49. The van der Waals surface area contributed by atoms with Gasteiger partial charge in [0.15, 0.2) is 0 Å². The van der Waals surface area contributed by atoms with Gasteiger partial charge in [0.2, 0.25) is 0 Å². The number of aliphatic hydroxyl groups excluding tert-OH is 1. The molecule has 0 saturated carbocycles. The van der Waals surface area contributed by atoms with Crippen molar-refractivity contribution in [3.8, 4) is 0 Å². The van der Waals surface area contributed by atoms with Crippen LogP contribution in [0.1, 0.15) is 33.1 Å². The van der Waals surface area contributed by atoms with Crippen LogP contribution in [0.25, 0.3) is 0 Å². The molecule has 0 aromatic carbocycles. The Bertz CT molecular complexity index is 127. The Morgan fingerprint density at radius 3 is 2.75 bits per heavy atom. The van der Waals surface area contributed by atoms with Crippen LogP contribution in [0.5, 0.6) is 0 Å². The highest BCUT2D eigenvalue weighted by atomic mass is 16.3. The Kier molecular flexibility index (Phi) is 4.02. The van der Waals surface area contributed by atoms with Crippen LogP contribution in [-0.4, -0.2) is 35.7 Å². The summed E-state index contributed by atoms with van der Waals surface area (Å²) in [5.41, 5.74) is 0. The minimum atomic E-state index is 0.343. The van der Waals surface area contributed by atoms with Gasteiger partial charge in [-0.05, 0) is 45.2 Å². The van der Waals surface area contributed by atoms with Crippen molar-refractivity contribution in [3.05, 3.63) is 0 Å². The van der Waals surface area contributed by atoms with Crippen LogP contribution in [0.2, 0.25) is 0 Å². The zero-order chi connectivity index (χ0) is 8.97. The highest BCUT2D eigenvalue weighted by molar-refractivity contribution is 4.78. The molecule has 72 valence electrons. The van der Waals surface area contributed by atoms with Crippen molar-refractivity contribution in [2.45, 2.75) is 39.2 Å². The first-order chi connectivity index (χ1) is 5.74. The Hall–Kier alpha value is -0.0800. The van der Waals surface area contributed by atoms with Gasteiger partial charge in [0.05, 0.1) is 0 Å². The quantitative estimate of drug-likeness (QED) is 0.677. The summed E-state index contributed by atoms with van der Waals surface area (Å²) in [5, 5.41) is 8.81. The molecule has 0 aliphatic carbocycles. The van der Waals surface area contributed by atoms with E-state index < -0.39 is 0 Å². The van der Waals surface area contributed by atoms with Crippen molar-refractivity contribution in [1.29, 1.82) is 0 Å². The highest BCUT2D eigenvalue weighted by Gasteiger charge is 2.22. The summed E-state index contributed by atoms with van der Waals surface area (Å²) in [7, 11) is 0. The molecule has 1 fully saturated rings. The molecule has 1 N–H and O–H groups in total. The SMILES string of the molecule is CC(CO)CCCN1CCC1C. The van der Waals surface area contributed by atoms with Crippen molar-refractivity contribution in [2.24, 2.45) is 5.92 Å². The van der Waals surface area contributed by atoms with Gasteiger partial charge in [-0.25, -0.2) is 0 Å². The number of nitrogens with zero attached hydrogens (tertiary/aromatic N) is 1. The van der Waals surface area contributed by atoms with E-state index in [9.17, 15) is 0 Å². The van der Waals surface area contributed by atoms with Crippen LogP contribution in [0.4, 0.5) is 0 Å². The molecule has 2 atom stereocenters. The Morgan fingerprint density at radius 1 is 1.58 bits per heavy atom. The maximum absolute atomic E-state index is 8.81. The van der Waals surface area contributed by atoms with Crippen molar-refractivity contribution in [3.63, 3.8) is 0 Å². The molecule has 2 nitrogen and oxygen atoms in total. The van der Waals surface area contributed by atoms with Gasteiger partial charge in [-0.3, -0.25) is 0 Å². The van der Waals surface area contributed by atoms with E-state index in [-0.39, 0.29) is 0 Å². The van der Waals surface area contributed by atoms with Gasteiger partial charge >= 0.3 is 0 Å². The zero-order valence-corrected chi connectivity index (χ0v) is 8.29. The molecule has 12 heavy (non-hydrogen) atoms. The molecule has 1 aliphatic rings. The smallest absolute Gasteiger partial charge is 0.0456 e. The first kappa shape index (κ1) is 10.0. The molecule has 2 unspecified atom stereocenters. The Morgan fingerprint density at radius 2 is 2.33 bits per heavy atom. The average Bonchev–Trinajstić information content (AvgIpc) is 2.09. The molecule has 1 heterocycles. The highest BCUT2D eigenvalue weighted by Crippen LogP contribution is 2.17. The molecule has 1 rings (SSSR count). The van der Waals surface area contributed by atoms with Gasteiger partial charge in [0.1, 0.15) is 0 Å². The summed E-state index contributed by atoms with van der Waals surface area (Å²) < 4.78 is 0. The number of likely N-dealkylation sites (tertiary alicyclic amines) is 1. The summed E-state index contributed by atoms with van der Waals surface area (Å²) in [6.45, 7) is 7.26. The topological polar surface area (TPSA) is 23.5 Å². The molecule has 0 aromatic heterocycles. The van der Waals surface area contributed by atoms with Gasteiger partial charge in [-0.1, -0.05) is 6.92 Å². The summed E-state index contributed by atoms with van der Waals surface area (Å²) in [6.07, 6.45) is 3.78. The first-order valence-corrected chi connectivity index (χ1v) is 5.09. The van der Waals surface area contributed by atoms with E-state index in [2.05, 4.69) is 18.7 Å². The van der Waals surface area contributed by atoms with Crippen LogP contribution in [0.15, 0.2) is 0 Å². The van der Waals surface area contributed by atoms with Gasteiger partial charge < -0.3 is 10.0 Å². The molecule has 1 saturated heterocycles. The molecule has 0 spiro atoms. The third-order valence-corrected chi connectivity index (χ3v) is 2.91. The fourth-order valence-electron chi connectivity index (χ4n) is 1.64. The van der Waals surface area contributed by atoms with Crippen molar-refractivity contribution < 1.29 is 5.11 Å². The fraction of sp³-hybridized carbons (Fsp3) is 1.00. The lowest BCUT2D eigenvalue weighted by molar-refractivity contribution is 0.0989. The van der Waals surface area contributed by atoms with Crippen LogP contribution >= 0.6 is 0 Å². The molecular weight excluding hydrogens is 150 g/mol.